The van der Waals surface area contributed by atoms with E-state index in [1.807, 2.05) is 12.3 Å². The Morgan fingerprint density at radius 1 is 0.447 bits per heavy atom. The molecule has 3 nitrogen and oxygen atoms in total. The van der Waals surface area contributed by atoms with E-state index in [2.05, 4.69) is 124 Å². The molecule has 0 atom stereocenters. The molecule has 3 aromatic heterocycles. The lowest BCUT2D eigenvalue weighted by atomic mass is 9.99. The molecule has 0 saturated heterocycles. The highest BCUT2D eigenvalue weighted by molar-refractivity contribution is 6.33. The van der Waals surface area contributed by atoms with Crippen LogP contribution in [0.25, 0.3) is 76.7 Å². The minimum atomic E-state index is 0.930. The number of para-hydroxylation sites is 1. The van der Waals surface area contributed by atoms with Gasteiger partial charge in [-0.05, 0) is 64.0 Å². The van der Waals surface area contributed by atoms with Crippen LogP contribution in [0.1, 0.15) is 0 Å². The summed E-state index contributed by atoms with van der Waals surface area (Å²) in [6, 6.07) is 43.8. The predicted octanol–water partition coefficient (Wildman–Crippen LogP) is 9.02. The summed E-state index contributed by atoms with van der Waals surface area (Å²) in [7, 11) is 0. The van der Waals surface area contributed by atoms with E-state index in [0.717, 1.165) is 5.82 Å². The molecule has 0 amide bonds. The summed E-state index contributed by atoms with van der Waals surface area (Å²) in [5, 5.41) is 10.2. The Hall–Kier alpha value is -5.15. The van der Waals surface area contributed by atoms with Gasteiger partial charge < -0.3 is 4.57 Å². The molecular weight excluding hydrogens is 462 g/mol. The highest BCUT2D eigenvalue weighted by Gasteiger charge is 2.23. The first kappa shape index (κ1) is 20.0. The molecule has 0 aliphatic carbocycles. The van der Waals surface area contributed by atoms with Crippen molar-refractivity contribution in [2.45, 2.75) is 0 Å². The van der Waals surface area contributed by atoms with Crippen molar-refractivity contribution in [2.24, 2.45) is 0 Å². The summed E-state index contributed by atoms with van der Waals surface area (Å²) < 4.78 is 4.79. The fourth-order valence-electron chi connectivity index (χ4n) is 6.52. The van der Waals surface area contributed by atoms with Gasteiger partial charge in [-0.25, -0.2) is 4.98 Å². The summed E-state index contributed by atoms with van der Waals surface area (Å²) in [6.45, 7) is 0. The van der Waals surface area contributed by atoms with Crippen LogP contribution in [0.4, 0.5) is 0 Å². The number of aromatic nitrogens is 3. The van der Waals surface area contributed by atoms with E-state index < -0.39 is 0 Å². The predicted molar refractivity (Wildman–Crippen MR) is 159 cm³/mol. The number of nitrogens with zero attached hydrogens (tertiary/aromatic N) is 3. The fraction of sp³-hybridized carbons (Fsp3) is 0. The number of hydrogen-bond acceptors (Lipinski definition) is 1. The minimum Gasteiger partial charge on any atom is -0.308 e. The van der Waals surface area contributed by atoms with Gasteiger partial charge in [-0.15, -0.1) is 0 Å². The van der Waals surface area contributed by atoms with Crippen molar-refractivity contribution < 1.29 is 0 Å². The summed E-state index contributed by atoms with van der Waals surface area (Å²) >= 11 is 0. The molecule has 0 fully saturated rings. The molecular formula is C35H21N3. The third-order valence-electron chi connectivity index (χ3n) is 8.07. The van der Waals surface area contributed by atoms with E-state index >= 15 is 0 Å². The molecule has 6 aromatic carbocycles. The molecule has 38 heavy (non-hydrogen) atoms. The standard InChI is InChI=1S/C35H21N3/c1-2-9-24-20-26(18-17-22(24)8-1)37-29-13-7-10-23-15-16-25-21-30-34(35(37)33(25)32(23)29)27-11-3-4-12-28(27)38(30)31-14-5-6-19-36-31/h1-21H. The Morgan fingerprint density at radius 2 is 1.21 bits per heavy atom. The van der Waals surface area contributed by atoms with Crippen LogP contribution in [0.2, 0.25) is 0 Å². The van der Waals surface area contributed by atoms with E-state index in [-0.39, 0.29) is 0 Å². The molecule has 9 aromatic rings. The number of pyridine rings is 1. The molecule has 0 saturated carbocycles. The van der Waals surface area contributed by atoms with Crippen molar-refractivity contribution in [1.82, 2.24) is 14.1 Å². The Kier molecular flexibility index (Phi) is 3.79. The van der Waals surface area contributed by atoms with Gasteiger partial charge in [0.05, 0.1) is 22.1 Å². The Labute approximate surface area is 218 Å². The molecule has 3 heterocycles. The van der Waals surface area contributed by atoms with Gasteiger partial charge >= 0.3 is 0 Å². The van der Waals surface area contributed by atoms with E-state index in [9.17, 15) is 0 Å². The maximum absolute atomic E-state index is 4.76. The summed E-state index contributed by atoms with van der Waals surface area (Å²) in [5.74, 6) is 0.930. The molecule has 0 aliphatic heterocycles. The van der Waals surface area contributed by atoms with Crippen molar-refractivity contribution in [2.75, 3.05) is 0 Å². The van der Waals surface area contributed by atoms with E-state index in [1.165, 1.54) is 70.8 Å². The molecule has 0 spiro atoms. The zero-order chi connectivity index (χ0) is 24.8. The first-order valence-corrected chi connectivity index (χ1v) is 13.0. The Bertz CT molecular complexity index is 2340. The van der Waals surface area contributed by atoms with Crippen molar-refractivity contribution in [1.29, 1.82) is 0 Å². The smallest absolute Gasteiger partial charge is 0.137 e. The second kappa shape index (κ2) is 7.21. The highest BCUT2D eigenvalue weighted by atomic mass is 15.1. The van der Waals surface area contributed by atoms with Gasteiger partial charge in [-0.3, -0.25) is 4.57 Å². The Morgan fingerprint density at radius 3 is 2.13 bits per heavy atom. The van der Waals surface area contributed by atoms with Crippen LogP contribution in [0.3, 0.4) is 0 Å². The van der Waals surface area contributed by atoms with E-state index in [0.29, 0.717) is 0 Å². The molecule has 0 N–H and O–H groups in total. The van der Waals surface area contributed by atoms with E-state index in [1.54, 1.807) is 0 Å². The SMILES string of the molecule is c1ccc(-n2c3ccccc3c3c2cc2ccc4cccc5c4c2c3n5-c2ccc3ccccc3c2)nc1. The molecule has 176 valence electrons. The maximum atomic E-state index is 4.76. The van der Waals surface area contributed by atoms with Crippen LogP contribution in [-0.4, -0.2) is 14.1 Å². The molecule has 0 bridgehead atoms. The molecule has 3 heteroatoms. The molecule has 0 unspecified atom stereocenters. The van der Waals surface area contributed by atoms with Gasteiger partial charge in [0.2, 0.25) is 0 Å². The van der Waals surface area contributed by atoms with Gasteiger partial charge in [0.1, 0.15) is 5.82 Å². The summed E-state index contributed by atoms with van der Waals surface area (Å²) in [6.07, 6.45) is 1.87. The fourth-order valence-corrected chi connectivity index (χ4v) is 6.52. The zero-order valence-corrected chi connectivity index (χ0v) is 20.5. The number of fused-ring (bicyclic) bond motifs is 5. The third-order valence-corrected chi connectivity index (χ3v) is 8.07. The van der Waals surface area contributed by atoms with Crippen LogP contribution in [0.15, 0.2) is 128 Å². The lowest BCUT2D eigenvalue weighted by molar-refractivity contribution is 1.08. The number of hydrogen-bond donors (Lipinski definition) is 0. The molecule has 0 radical (unpaired) electrons. The molecule has 9 rings (SSSR count). The second-order valence-electron chi connectivity index (χ2n) is 10.1. The molecule has 0 aliphatic rings. The lowest BCUT2D eigenvalue weighted by Crippen LogP contribution is -1.97. The highest BCUT2D eigenvalue weighted by Crippen LogP contribution is 2.45. The lowest BCUT2D eigenvalue weighted by Gasteiger charge is -2.11. The monoisotopic (exact) mass is 483 g/mol. The van der Waals surface area contributed by atoms with Crippen LogP contribution in [0.5, 0.6) is 0 Å². The van der Waals surface area contributed by atoms with Crippen molar-refractivity contribution >= 4 is 65.2 Å². The largest absolute Gasteiger partial charge is 0.308 e. The van der Waals surface area contributed by atoms with Crippen molar-refractivity contribution in [3.63, 3.8) is 0 Å². The van der Waals surface area contributed by atoms with Crippen LogP contribution in [-0.2, 0) is 0 Å². The first-order valence-electron chi connectivity index (χ1n) is 13.0. The zero-order valence-electron chi connectivity index (χ0n) is 20.5. The number of benzene rings is 6. The van der Waals surface area contributed by atoms with Crippen LogP contribution in [0, 0.1) is 0 Å². The quantitative estimate of drug-likeness (QED) is 0.225. The average Bonchev–Trinajstić information content (AvgIpc) is 3.50. The normalized spacial score (nSPS) is 12.2. The summed E-state index contributed by atoms with van der Waals surface area (Å²) in [4.78, 5) is 4.76. The van der Waals surface area contributed by atoms with Gasteiger partial charge in [0.15, 0.2) is 0 Å². The van der Waals surface area contributed by atoms with Crippen LogP contribution < -0.4 is 0 Å². The van der Waals surface area contributed by atoms with Gasteiger partial charge in [-0.2, -0.15) is 0 Å². The third kappa shape index (κ3) is 2.50. The van der Waals surface area contributed by atoms with Gasteiger partial charge in [0.25, 0.3) is 0 Å². The maximum Gasteiger partial charge on any atom is 0.137 e. The second-order valence-corrected chi connectivity index (χ2v) is 10.1. The van der Waals surface area contributed by atoms with Crippen LogP contribution >= 0.6 is 0 Å². The summed E-state index contributed by atoms with van der Waals surface area (Å²) in [5.41, 5.74) is 6.01. The van der Waals surface area contributed by atoms with E-state index in [4.69, 9.17) is 4.98 Å². The number of rotatable bonds is 2. The van der Waals surface area contributed by atoms with Crippen molar-refractivity contribution in [3.8, 4) is 11.5 Å². The first-order chi connectivity index (χ1) is 18.9. The average molecular weight is 484 g/mol. The minimum absolute atomic E-state index is 0.930. The van der Waals surface area contributed by atoms with Crippen molar-refractivity contribution in [3.05, 3.63) is 128 Å². The topological polar surface area (TPSA) is 22.8 Å². The van der Waals surface area contributed by atoms with Gasteiger partial charge in [0, 0.05) is 33.4 Å². The Balaban J connectivity index is 1.57. The van der Waals surface area contributed by atoms with Gasteiger partial charge in [-0.1, -0.05) is 78.9 Å².